The molecule has 0 aliphatic carbocycles. The van der Waals surface area contributed by atoms with Crippen molar-refractivity contribution in [3.05, 3.63) is 47.1 Å². The third kappa shape index (κ3) is 3.19. The lowest BCUT2D eigenvalue weighted by atomic mass is 10.3. The number of thioether (sulfide) groups is 1. The van der Waals surface area contributed by atoms with Gasteiger partial charge in [0.2, 0.25) is 0 Å². The van der Waals surface area contributed by atoms with E-state index in [9.17, 15) is 0 Å². The average Bonchev–Trinajstić information content (AvgIpc) is 2.96. The minimum absolute atomic E-state index is 0.786. The molecule has 0 bridgehead atoms. The number of aromatic nitrogens is 2. The second-order valence-corrected chi connectivity index (χ2v) is 6.79. The van der Waals surface area contributed by atoms with Crippen molar-refractivity contribution in [2.45, 2.75) is 24.0 Å². The molecule has 1 N–H and O–H groups in total. The van der Waals surface area contributed by atoms with Gasteiger partial charge in [0.1, 0.15) is 16.5 Å². The van der Waals surface area contributed by atoms with E-state index < -0.39 is 0 Å². The Morgan fingerprint density at radius 3 is 2.71 bits per heavy atom. The zero-order valence-corrected chi connectivity index (χ0v) is 13.7. The van der Waals surface area contributed by atoms with Crippen molar-refractivity contribution >= 4 is 39.1 Å². The second-order valence-electron chi connectivity index (χ2n) is 4.63. The summed E-state index contributed by atoms with van der Waals surface area (Å²) in [6.45, 7) is 2.17. The van der Waals surface area contributed by atoms with Gasteiger partial charge in [-0.1, -0.05) is 25.1 Å². The molecule has 108 valence electrons. The van der Waals surface area contributed by atoms with Crippen molar-refractivity contribution in [3.8, 4) is 0 Å². The van der Waals surface area contributed by atoms with Crippen molar-refractivity contribution in [1.82, 2.24) is 9.97 Å². The van der Waals surface area contributed by atoms with Crippen molar-refractivity contribution in [1.29, 1.82) is 0 Å². The van der Waals surface area contributed by atoms with Crippen LogP contribution < -0.4 is 5.32 Å². The second kappa shape index (κ2) is 6.45. The van der Waals surface area contributed by atoms with E-state index in [0.29, 0.717) is 0 Å². The van der Waals surface area contributed by atoms with E-state index in [1.54, 1.807) is 23.1 Å². The maximum absolute atomic E-state index is 4.71. The van der Waals surface area contributed by atoms with Crippen LogP contribution in [0.25, 0.3) is 10.2 Å². The third-order valence-corrected chi connectivity index (χ3v) is 5.37. The zero-order valence-electron chi connectivity index (χ0n) is 12.1. The van der Waals surface area contributed by atoms with Gasteiger partial charge in [0.15, 0.2) is 0 Å². The predicted octanol–water partition coefficient (Wildman–Crippen LogP) is 4.59. The Morgan fingerprint density at radius 1 is 1.19 bits per heavy atom. The highest BCUT2D eigenvalue weighted by atomic mass is 32.2. The van der Waals surface area contributed by atoms with Gasteiger partial charge in [-0.2, -0.15) is 0 Å². The smallest absolute Gasteiger partial charge is 0.142 e. The minimum atomic E-state index is 0.786. The van der Waals surface area contributed by atoms with Crippen LogP contribution >= 0.6 is 23.1 Å². The van der Waals surface area contributed by atoms with E-state index in [0.717, 1.165) is 34.0 Å². The first-order valence-corrected chi connectivity index (χ1v) is 8.75. The number of anilines is 1. The highest BCUT2D eigenvalue weighted by Crippen LogP contribution is 2.30. The van der Waals surface area contributed by atoms with Crippen LogP contribution in [0.3, 0.4) is 0 Å². The molecule has 0 aliphatic heterocycles. The first kappa shape index (κ1) is 14.4. The van der Waals surface area contributed by atoms with Gasteiger partial charge in [0.25, 0.3) is 0 Å². The van der Waals surface area contributed by atoms with Crippen LogP contribution in [0, 0.1) is 0 Å². The minimum Gasteiger partial charge on any atom is -0.372 e. The summed E-state index contributed by atoms with van der Waals surface area (Å²) in [5.41, 5.74) is 0. The highest BCUT2D eigenvalue weighted by molar-refractivity contribution is 7.98. The summed E-state index contributed by atoms with van der Waals surface area (Å²) in [7, 11) is 1.92. The maximum Gasteiger partial charge on any atom is 0.142 e. The number of hydrogen-bond acceptors (Lipinski definition) is 5. The molecular weight excluding hydrogens is 298 g/mol. The fourth-order valence-electron chi connectivity index (χ4n) is 2.11. The number of nitrogens with one attached hydrogen (secondary N) is 1. The highest BCUT2D eigenvalue weighted by Gasteiger charge is 2.10. The molecule has 21 heavy (non-hydrogen) atoms. The van der Waals surface area contributed by atoms with Crippen LogP contribution in [0.5, 0.6) is 0 Å². The van der Waals surface area contributed by atoms with Gasteiger partial charge in [-0.3, -0.25) is 0 Å². The van der Waals surface area contributed by atoms with E-state index >= 15 is 0 Å². The molecule has 0 unspecified atom stereocenters. The van der Waals surface area contributed by atoms with Crippen molar-refractivity contribution in [3.63, 3.8) is 0 Å². The van der Waals surface area contributed by atoms with E-state index in [2.05, 4.69) is 47.6 Å². The molecule has 2 heterocycles. The first-order valence-electron chi connectivity index (χ1n) is 6.95. The first-order chi connectivity index (χ1) is 10.3. The van der Waals surface area contributed by atoms with Gasteiger partial charge in [0.05, 0.1) is 11.1 Å². The molecule has 0 fully saturated rings. The summed E-state index contributed by atoms with van der Waals surface area (Å²) in [5.74, 6) is 2.60. The Bertz CT molecular complexity index is 738. The van der Waals surface area contributed by atoms with Gasteiger partial charge in [-0.05, 0) is 24.6 Å². The largest absolute Gasteiger partial charge is 0.372 e. The Kier molecular flexibility index (Phi) is 4.41. The number of fused-ring (bicyclic) bond motifs is 1. The van der Waals surface area contributed by atoms with Crippen LogP contribution in [-0.2, 0) is 12.2 Å². The van der Waals surface area contributed by atoms with Crippen molar-refractivity contribution in [2.24, 2.45) is 0 Å². The van der Waals surface area contributed by atoms with Crippen LogP contribution in [0.15, 0.2) is 41.3 Å². The van der Waals surface area contributed by atoms with E-state index in [4.69, 9.17) is 4.98 Å². The summed E-state index contributed by atoms with van der Waals surface area (Å²) >= 11 is 3.53. The van der Waals surface area contributed by atoms with Gasteiger partial charge < -0.3 is 5.32 Å². The number of aryl methyl sites for hydroxylation is 1. The van der Waals surface area contributed by atoms with Gasteiger partial charge in [-0.15, -0.1) is 23.1 Å². The third-order valence-electron chi connectivity index (χ3n) is 3.19. The molecule has 3 aromatic rings. The van der Waals surface area contributed by atoms with Crippen molar-refractivity contribution < 1.29 is 0 Å². The number of nitrogens with zero attached hydrogens (tertiary/aromatic N) is 2. The Labute approximate surface area is 132 Å². The molecule has 2 aromatic heterocycles. The molecule has 5 heteroatoms. The number of rotatable bonds is 5. The molecule has 0 atom stereocenters. The molecule has 0 spiro atoms. The fourth-order valence-corrected chi connectivity index (χ4v) is 3.87. The molecule has 3 rings (SSSR count). The van der Waals surface area contributed by atoms with E-state index in [-0.39, 0.29) is 0 Å². The number of hydrogen-bond donors (Lipinski definition) is 1. The Morgan fingerprint density at radius 2 is 2.00 bits per heavy atom. The maximum atomic E-state index is 4.71. The summed E-state index contributed by atoms with van der Waals surface area (Å²) in [5, 5.41) is 4.32. The Balaban J connectivity index is 1.88. The monoisotopic (exact) mass is 315 g/mol. The topological polar surface area (TPSA) is 37.8 Å². The summed E-state index contributed by atoms with van der Waals surface area (Å²) < 4.78 is 0. The molecule has 0 saturated heterocycles. The van der Waals surface area contributed by atoms with Crippen LogP contribution in [-0.4, -0.2) is 17.0 Å². The molecule has 0 amide bonds. The number of thiophene rings is 1. The normalized spacial score (nSPS) is 11.0. The standard InChI is InChI=1S/C16H17N3S2/c1-3-11-9-13-15(17-2)18-14(19-16(13)21-11)10-20-12-7-5-4-6-8-12/h4-9H,3,10H2,1-2H3,(H,17,18,19). The molecule has 0 aliphatic rings. The lowest BCUT2D eigenvalue weighted by Gasteiger charge is -2.05. The average molecular weight is 315 g/mol. The summed E-state index contributed by atoms with van der Waals surface area (Å²) in [4.78, 5) is 13.0. The Hall–Kier alpha value is -1.59. The SMILES string of the molecule is CCc1cc2c(NC)nc(CSc3ccccc3)nc2s1. The van der Waals surface area contributed by atoms with Gasteiger partial charge in [0, 0.05) is 16.8 Å². The molecule has 1 aromatic carbocycles. The zero-order chi connectivity index (χ0) is 14.7. The predicted molar refractivity (Wildman–Crippen MR) is 92.3 cm³/mol. The van der Waals surface area contributed by atoms with E-state index in [1.165, 1.54) is 9.77 Å². The summed E-state index contributed by atoms with van der Waals surface area (Å²) in [6, 6.07) is 12.6. The molecule has 0 saturated carbocycles. The summed E-state index contributed by atoms with van der Waals surface area (Å²) in [6.07, 6.45) is 1.04. The fraction of sp³-hybridized carbons (Fsp3) is 0.250. The lowest BCUT2D eigenvalue weighted by molar-refractivity contribution is 1.07. The quantitative estimate of drug-likeness (QED) is 0.699. The molecule has 0 radical (unpaired) electrons. The molecular formula is C16H17N3S2. The van der Waals surface area contributed by atoms with Crippen LogP contribution in [0.1, 0.15) is 17.6 Å². The van der Waals surface area contributed by atoms with Crippen LogP contribution in [0.4, 0.5) is 5.82 Å². The molecule has 3 nitrogen and oxygen atoms in total. The number of benzene rings is 1. The van der Waals surface area contributed by atoms with Crippen molar-refractivity contribution in [2.75, 3.05) is 12.4 Å². The van der Waals surface area contributed by atoms with E-state index in [1.807, 2.05) is 13.1 Å². The van der Waals surface area contributed by atoms with Gasteiger partial charge in [-0.25, -0.2) is 9.97 Å². The van der Waals surface area contributed by atoms with Crippen LogP contribution in [0.2, 0.25) is 0 Å². The van der Waals surface area contributed by atoms with Gasteiger partial charge >= 0.3 is 0 Å². The lowest BCUT2D eigenvalue weighted by Crippen LogP contribution is -1.99.